The Morgan fingerprint density at radius 2 is 1.92 bits per heavy atom. The number of hydrogen-bond acceptors (Lipinski definition) is 7. The molecule has 11 nitrogen and oxygen atoms in total. The third kappa shape index (κ3) is 5.65. The maximum absolute atomic E-state index is 13.2. The monoisotopic (exact) mass is 526 g/mol. The van der Waals surface area contributed by atoms with Gasteiger partial charge in [0.25, 0.3) is 17.7 Å². The van der Waals surface area contributed by atoms with Crippen LogP contribution in [0, 0.1) is 24.2 Å². The molecule has 1 fully saturated rings. The fraction of sp³-hybridized carbons (Fsp3) is 0.286. The fourth-order valence-electron chi connectivity index (χ4n) is 4.62. The summed E-state index contributed by atoms with van der Waals surface area (Å²) in [6.07, 6.45) is 4.48. The standard InChI is InChI=1S/C28H30N8O3/c1-16(2)13-20(15-29)28(39)35-12-4-5-21(35)26-34-23(24(25(30)37)36(26)31)18-6-8-19(9-7-18)27(38)33-22-14-17(3)10-11-32-22/h6-11,13-14,16,21H,4-5,12,31H2,1-3H3,(H2,30,37)(H,32,33,38)/b20-13+. The summed E-state index contributed by atoms with van der Waals surface area (Å²) in [5, 5.41) is 12.3. The molecule has 3 amide bonds. The zero-order valence-electron chi connectivity index (χ0n) is 22.0. The molecule has 2 aromatic heterocycles. The Morgan fingerprint density at radius 3 is 2.54 bits per heavy atom. The minimum atomic E-state index is -0.785. The molecular weight excluding hydrogens is 496 g/mol. The van der Waals surface area contributed by atoms with Crippen LogP contribution in [0.2, 0.25) is 0 Å². The molecule has 0 spiro atoms. The first-order valence-electron chi connectivity index (χ1n) is 12.6. The van der Waals surface area contributed by atoms with Gasteiger partial charge in [0.15, 0.2) is 11.5 Å². The number of nitriles is 1. The number of amides is 3. The van der Waals surface area contributed by atoms with Gasteiger partial charge in [-0.05, 0) is 55.5 Å². The van der Waals surface area contributed by atoms with E-state index in [0.29, 0.717) is 42.2 Å². The Morgan fingerprint density at radius 1 is 1.21 bits per heavy atom. The lowest BCUT2D eigenvalue weighted by Gasteiger charge is -2.24. The molecule has 1 atom stereocenters. The Bertz CT molecular complexity index is 1500. The van der Waals surface area contributed by atoms with Crippen LogP contribution in [0.25, 0.3) is 11.3 Å². The number of primary amides is 1. The predicted molar refractivity (Wildman–Crippen MR) is 145 cm³/mol. The van der Waals surface area contributed by atoms with Crippen molar-refractivity contribution in [3.8, 4) is 17.3 Å². The predicted octanol–water partition coefficient (Wildman–Crippen LogP) is 3.09. The number of hydrogen-bond donors (Lipinski definition) is 3. The van der Waals surface area contributed by atoms with Crippen molar-refractivity contribution in [3.63, 3.8) is 0 Å². The second-order valence-electron chi connectivity index (χ2n) is 9.74. The molecule has 1 unspecified atom stereocenters. The summed E-state index contributed by atoms with van der Waals surface area (Å²) < 4.78 is 1.12. The zero-order valence-corrected chi connectivity index (χ0v) is 22.0. The Balaban J connectivity index is 1.64. The molecule has 3 heterocycles. The van der Waals surface area contributed by atoms with Gasteiger partial charge in [-0.25, -0.2) is 14.6 Å². The number of imidazole rings is 1. The average Bonchev–Trinajstić information content (AvgIpc) is 3.51. The van der Waals surface area contributed by atoms with Crippen LogP contribution in [0.1, 0.15) is 65.0 Å². The normalized spacial score (nSPS) is 15.3. The van der Waals surface area contributed by atoms with E-state index >= 15 is 0 Å². The van der Waals surface area contributed by atoms with Gasteiger partial charge in [-0.2, -0.15) is 5.26 Å². The highest BCUT2D eigenvalue weighted by Crippen LogP contribution is 2.35. The highest BCUT2D eigenvalue weighted by molar-refractivity contribution is 6.04. The Labute approximate surface area is 226 Å². The van der Waals surface area contributed by atoms with Crippen molar-refractivity contribution in [1.82, 2.24) is 19.5 Å². The number of likely N-dealkylation sites (tertiary alicyclic amines) is 1. The van der Waals surface area contributed by atoms with Crippen LogP contribution in [-0.4, -0.2) is 43.8 Å². The summed E-state index contributed by atoms with van der Waals surface area (Å²) in [7, 11) is 0. The first kappa shape index (κ1) is 27.1. The number of rotatable bonds is 7. The quantitative estimate of drug-likeness (QED) is 0.241. The molecule has 11 heteroatoms. The van der Waals surface area contributed by atoms with Gasteiger partial charge in [0.2, 0.25) is 0 Å². The van der Waals surface area contributed by atoms with E-state index in [4.69, 9.17) is 11.6 Å². The number of carbonyl (C=O) groups is 3. The summed E-state index contributed by atoms with van der Waals surface area (Å²) in [6.45, 7) is 6.10. The summed E-state index contributed by atoms with van der Waals surface area (Å²) >= 11 is 0. The van der Waals surface area contributed by atoms with E-state index in [1.54, 1.807) is 47.5 Å². The van der Waals surface area contributed by atoms with Crippen molar-refractivity contribution in [2.75, 3.05) is 17.7 Å². The van der Waals surface area contributed by atoms with Crippen LogP contribution in [0.3, 0.4) is 0 Å². The lowest BCUT2D eigenvalue weighted by molar-refractivity contribution is -0.127. The van der Waals surface area contributed by atoms with E-state index in [2.05, 4.69) is 15.3 Å². The molecule has 0 radical (unpaired) electrons. The van der Waals surface area contributed by atoms with Crippen LogP contribution in [-0.2, 0) is 4.79 Å². The Kier molecular flexibility index (Phi) is 7.76. The largest absolute Gasteiger partial charge is 0.364 e. The summed E-state index contributed by atoms with van der Waals surface area (Å²) in [5.74, 6) is 5.53. The minimum absolute atomic E-state index is 0.0207. The van der Waals surface area contributed by atoms with Crippen molar-refractivity contribution in [2.24, 2.45) is 11.7 Å². The average molecular weight is 527 g/mol. The van der Waals surface area contributed by atoms with Gasteiger partial charge in [0.1, 0.15) is 23.2 Å². The molecule has 1 aliphatic heterocycles. The molecule has 5 N–H and O–H groups in total. The van der Waals surface area contributed by atoms with Crippen molar-refractivity contribution in [1.29, 1.82) is 5.26 Å². The van der Waals surface area contributed by atoms with E-state index in [1.807, 2.05) is 32.9 Å². The molecule has 1 aromatic carbocycles. The highest BCUT2D eigenvalue weighted by Gasteiger charge is 2.36. The van der Waals surface area contributed by atoms with Crippen molar-refractivity contribution in [2.45, 2.75) is 39.7 Å². The number of nitrogens with two attached hydrogens (primary N) is 2. The van der Waals surface area contributed by atoms with Gasteiger partial charge >= 0.3 is 0 Å². The molecule has 4 rings (SSSR count). The lowest BCUT2D eigenvalue weighted by atomic mass is 10.1. The zero-order chi connectivity index (χ0) is 28.3. The second kappa shape index (κ2) is 11.2. The van der Waals surface area contributed by atoms with Crippen LogP contribution in [0.4, 0.5) is 5.82 Å². The third-order valence-electron chi connectivity index (χ3n) is 6.41. The van der Waals surface area contributed by atoms with Crippen LogP contribution in [0.15, 0.2) is 54.2 Å². The molecule has 3 aromatic rings. The van der Waals surface area contributed by atoms with Gasteiger partial charge < -0.3 is 21.8 Å². The van der Waals surface area contributed by atoms with Gasteiger partial charge in [0, 0.05) is 23.9 Å². The molecular formula is C28H30N8O3. The van der Waals surface area contributed by atoms with Crippen LogP contribution < -0.4 is 16.9 Å². The SMILES string of the molecule is Cc1ccnc(NC(=O)c2ccc(-c3nc(C4CCCN4C(=O)/C(C#N)=C/C(C)C)n(N)c3C(N)=O)cc2)c1. The molecule has 200 valence electrons. The van der Waals surface area contributed by atoms with E-state index in [9.17, 15) is 19.6 Å². The van der Waals surface area contributed by atoms with Gasteiger partial charge in [-0.3, -0.25) is 14.4 Å². The number of aromatic nitrogens is 3. The van der Waals surface area contributed by atoms with E-state index in [0.717, 1.165) is 10.2 Å². The number of allylic oxidation sites excluding steroid dienone is 1. The topological polar surface area (TPSA) is 173 Å². The van der Waals surface area contributed by atoms with E-state index in [-0.39, 0.29) is 28.8 Å². The van der Waals surface area contributed by atoms with Gasteiger partial charge in [-0.15, -0.1) is 0 Å². The van der Waals surface area contributed by atoms with E-state index < -0.39 is 17.9 Å². The number of aryl methyl sites for hydroxylation is 1. The number of carbonyl (C=O) groups excluding carboxylic acids is 3. The summed E-state index contributed by atoms with van der Waals surface area (Å²) in [4.78, 5) is 48.6. The Hall–Kier alpha value is -4.98. The van der Waals surface area contributed by atoms with Crippen molar-refractivity contribution in [3.05, 3.63) is 76.9 Å². The molecule has 0 bridgehead atoms. The molecule has 0 aliphatic carbocycles. The van der Waals surface area contributed by atoms with Crippen molar-refractivity contribution < 1.29 is 14.4 Å². The fourth-order valence-corrected chi connectivity index (χ4v) is 4.62. The maximum atomic E-state index is 13.2. The number of pyridine rings is 1. The number of nitrogens with zero attached hydrogens (tertiary/aromatic N) is 5. The number of anilines is 1. The highest BCUT2D eigenvalue weighted by atomic mass is 16.2. The first-order valence-corrected chi connectivity index (χ1v) is 12.6. The van der Waals surface area contributed by atoms with Crippen LogP contribution in [0.5, 0.6) is 0 Å². The van der Waals surface area contributed by atoms with Crippen LogP contribution >= 0.6 is 0 Å². The lowest BCUT2D eigenvalue weighted by Crippen LogP contribution is -2.34. The number of nitrogens with one attached hydrogen (secondary N) is 1. The maximum Gasteiger partial charge on any atom is 0.269 e. The minimum Gasteiger partial charge on any atom is -0.364 e. The molecule has 1 saturated heterocycles. The smallest absolute Gasteiger partial charge is 0.269 e. The number of nitrogen functional groups attached to an aromatic ring is 1. The van der Waals surface area contributed by atoms with Gasteiger partial charge in [0.05, 0.1) is 6.04 Å². The van der Waals surface area contributed by atoms with Crippen molar-refractivity contribution >= 4 is 23.5 Å². The number of benzene rings is 1. The summed E-state index contributed by atoms with van der Waals surface area (Å²) in [6, 6.07) is 11.5. The van der Waals surface area contributed by atoms with Gasteiger partial charge in [-0.1, -0.05) is 32.1 Å². The third-order valence-corrected chi connectivity index (χ3v) is 6.41. The second-order valence-corrected chi connectivity index (χ2v) is 9.74. The summed E-state index contributed by atoms with van der Waals surface area (Å²) in [5.41, 5.74) is 7.81. The molecule has 1 aliphatic rings. The van der Waals surface area contributed by atoms with E-state index in [1.165, 1.54) is 0 Å². The first-order chi connectivity index (χ1) is 18.6. The molecule has 0 saturated carbocycles. The molecule has 39 heavy (non-hydrogen) atoms.